The van der Waals surface area contributed by atoms with Gasteiger partial charge in [-0.15, -0.1) is 0 Å². The number of aryl methyl sites for hydroxylation is 1. The summed E-state index contributed by atoms with van der Waals surface area (Å²) in [6.07, 6.45) is -3.11. The van der Waals surface area contributed by atoms with E-state index in [1.54, 1.807) is 19.1 Å². The first-order chi connectivity index (χ1) is 21.5. The van der Waals surface area contributed by atoms with Crippen LogP contribution in [0.25, 0.3) is 5.82 Å². The van der Waals surface area contributed by atoms with Crippen molar-refractivity contribution in [2.45, 2.75) is 44.3 Å². The van der Waals surface area contributed by atoms with Gasteiger partial charge >= 0.3 is 18.0 Å². The number of nitrogens with one attached hydrogen (secondary N) is 2. The Morgan fingerprint density at radius 1 is 1.07 bits per heavy atom. The lowest BCUT2D eigenvalue weighted by molar-refractivity contribution is -0.360. The van der Waals surface area contributed by atoms with Gasteiger partial charge in [-0.3, -0.25) is 9.59 Å². The maximum absolute atomic E-state index is 14.2. The highest BCUT2D eigenvalue weighted by molar-refractivity contribution is 14.1. The largest absolute Gasteiger partial charge is 0.460 e. The third kappa shape index (κ3) is 6.67. The molecule has 0 spiro atoms. The zero-order chi connectivity index (χ0) is 33.6. The van der Waals surface area contributed by atoms with E-state index in [1.807, 2.05) is 22.6 Å². The van der Waals surface area contributed by atoms with Gasteiger partial charge in [0.05, 0.1) is 28.2 Å². The summed E-state index contributed by atoms with van der Waals surface area (Å²) in [6.45, 7) is 1.53. The molecule has 0 radical (unpaired) electrons. The first kappa shape index (κ1) is 33.6. The number of nitrogens with zero attached hydrogens (tertiary/aromatic N) is 6. The lowest BCUT2D eigenvalue weighted by Crippen LogP contribution is -2.50. The molecule has 0 atom stereocenters. The number of hydrogen-bond donors (Lipinski definition) is 2. The second kappa shape index (κ2) is 12.4. The SMILES string of the molecule is Cc1cc(I)cc(C(=O)NCC2CC2)c1NC(=O)c1cc(Cn2ncc(C(F)(F)C(F)(F)C(F)(F)F)n2)nn1-c1ncccc1Cl. The van der Waals surface area contributed by atoms with Crippen molar-refractivity contribution in [3.8, 4) is 5.82 Å². The molecule has 4 aromatic rings. The Kier molecular flexibility index (Phi) is 9.06. The van der Waals surface area contributed by atoms with Crippen molar-refractivity contribution in [3.63, 3.8) is 0 Å². The average Bonchev–Trinajstić information content (AvgIpc) is 3.52. The van der Waals surface area contributed by atoms with Crippen molar-refractivity contribution in [3.05, 3.63) is 79.5 Å². The topological polar surface area (TPSA) is 120 Å². The number of amides is 2. The number of benzene rings is 1. The Hall–Kier alpha value is -3.81. The van der Waals surface area contributed by atoms with Crippen LogP contribution >= 0.6 is 34.2 Å². The third-order valence-electron chi connectivity index (χ3n) is 6.88. The molecule has 1 aliphatic carbocycles. The van der Waals surface area contributed by atoms with Gasteiger partial charge in [-0.25, -0.2) is 9.67 Å². The maximum Gasteiger partial charge on any atom is 0.460 e. The van der Waals surface area contributed by atoms with Gasteiger partial charge < -0.3 is 10.6 Å². The Bertz CT molecular complexity index is 1810. The van der Waals surface area contributed by atoms with Gasteiger partial charge in [0.15, 0.2) is 11.5 Å². The molecule has 2 N–H and O–H groups in total. The standard InChI is InChI=1S/C27H21ClF7IN8O2/c1-13-7-15(36)8-17(23(45)38-10-14-4-5-14)21(13)40-24(46)19-9-16(41-44(19)22-18(28)3-2-6-37-22)12-43-39-11-20(42-43)25(29,30)26(31,32)27(33,34)35/h2-3,6-9,11,14H,4-5,10,12H2,1H3,(H,38,45)(H,40,46). The quantitative estimate of drug-likeness (QED) is 0.147. The van der Waals surface area contributed by atoms with Crippen LogP contribution < -0.4 is 10.6 Å². The molecule has 244 valence electrons. The molecular weight excluding hydrogens is 764 g/mol. The highest BCUT2D eigenvalue weighted by Crippen LogP contribution is 2.51. The van der Waals surface area contributed by atoms with E-state index in [9.17, 15) is 40.3 Å². The van der Waals surface area contributed by atoms with Crippen molar-refractivity contribution in [2.75, 3.05) is 11.9 Å². The number of carbonyl (C=O) groups is 2. The lowest BCUT2D eigenvalue weighted by Gasteiger charge is -2.26. The summed E-state index contributed by atoms with van der Waals surface area (Å²) < 4.78 is 95.1. The smallest absolute Gasteiger partial charge is 0.352 e. The summed E-state index contributed by atoms with van der Waals surface area (Å²) in [4.78, 5) is 31.3. The summed E-state index contributed by atoms with van der Waals surface area (Å²) in [7, 11) is 0. The van der Waals surface area contributed by atoms with E-state index in [0.29, 0.717) is 22.8 Å². The average molecular weight is 785 g/mol. The number of carbonyl (C=O) groups excluding carboxylic acids is 2. The van der Waals surface area contributed by atoms with E-state index in [1.165, 1.54) is 24.4 Å². The Balaban J connectivity index is 1.48. The van der Waals surface area contributed by atoms with Crippen LogP contribution in [0.5, 0.6) is 0 Å². The van der Waals surface area contributed by atoms with E-state index in [2.05, 4.69) is 30.9 Å². The molecule has 1 saturated carbocycles. The molecular formula is C27H21ClF7IN8O2. The Morgan fingerprint density at radius 2 is 1.78 bits per heavy atom. The molecule has 46 heavy (non-hydrogen) atoms. The van der Waals surface area contributed by atoms with E-state index in [-0.39, 0.29) is 39.7 Å². The normalized spacial score (nSPS) is 14.0. The van der Waals surface area contributed by atoms with Crippen molar-refractivity contribution in [1.29, 1.82) is 0 Å². The highest BCUT2D eigenvalue weighted by Gasteiger charge is 2.74. The van der Waals surface area contributed by atoms with Gasteiger partial charge in [-0.2, -0.15) is 50.8 Å². The predicted molar refractivity (Wildman–Crippen MR) is 157 cm³/mol. The summed E-state index contributed by atoms with van der Waals surface area (Å²) in [5.41, 5.74) is -1.29. The van der Waals surface area contributed by atoms with E-state index >= 15 is 0 Å². The zero-order valence-corrected chi connectivity index (χ0v) is 26.3. The van der Waals surface area contributed by atoms with Crippen molar-refractivity contribution >= 4 is 51.7 Å². The van der Waals surface area contributed by atoms with Crippen LogP contribution in [0.15, 0.2) is 42.7 Å². The molecule has 5 rings (SSSR count). The summed E-state index contributed by atoms with van der Waals surface area (Å²) in [5, 5.41) is 16.3. The molecule has 3 aromatic heterocycles. The van der Waals surface area contributed by atoms with Crippen LogP contribution in [-0.2, 0) is 12.5 Å². The van der Waals surface area contributed by atoms with Crippen molar-refractivity contribution in [1.82, 2.24) is 35.1 Å². The van der Waals surface area contributed by atoms with Crippen LogP contribution in [-0.4, -0.2) is 60.2 Å². The molecule has 19 heteroatoms. The predicted octanol–water partition coefficient (Wildman–Crippen LogP) is 6.16. The summed E-state index contributed by atoms with van der Waals surface area (Å²) in [6, 6.07) is 7.46. The minimum atomic E-state index is -6.56. The minimum absolute atomic E-state index is 0.0345. The summed E-state index contributed by atoms with van der Waals surface area (Å²) in [5.74, 6) is -13.0. The number of halogens is 9. The van der Waals surface area contributed by atoms with Crippen LogP contribution in [0.4, 0.5) is 36.4 Å². The first-order valence-corrected chi connectivity index (χ1v) is 14.8. The summed E-state index contributed by atoms with van der Waals surface area (Å²) >= 11 is 8.33. The highest BCUT2D eigenvalue weighted by atomic mass is 127. The van der Waals surface area contributed by atoms with E-state index < -0.39 is 42.1 Å². The van der Waals surface area contributed by atoms with Crippen molar-refractivity contribution < 1.29 is 40.3 Å². The Labute approximate surface area is 273 Å². The third-order valence-corrected chi connectivity index (χ3v) is 7.79. The number of hydrogen-bond acceptors (Lipinski definition) is 6. The monoisotopic (exact) mass is 784 g/mol. The van der Waals surface area contributed by atoms with Crippen molar-refractivity contribution in [2.24, 2.45) is 5.92 Å². The fourth-order valence-corrected chi connectivity index (χ4v) is 5.26. The number of aromatic nitrogens is 6. The number of rotatable bonds is 10. The molecule has 0 aliphatic heterocycles. The van der Waals surface area contributed by atoms with Crippen LogP contribution in [0.3, 0.4) is 0 Å². The maximum atomic E-state index is 14.2. The number of pyridine rings is 1. The lowest BCUT2D eigenvalue weighted by atomic mass is 10.1. The van der Waals surface area contributed by atoms with Crippen LogP contribution in [0, 0.1) is 16.4 Å². The molecule has 0 unspecified atom stereocenters. The fourth-order valence-electron chi connectivity index (χ4n) is 4.28. The molecule has 1 aliphatic rings. The molecule has 2 amide bonds. The van der Waals surface area contributed by atoms with Gasteiger partial charge in [0.25, 0.3) is 11.8 Å². The number of anilines is 1. The fraction of sp³-hybridized carbons (Fsp3) is 0.333. The molecule has 0 saturated heterocycles. The van der Waals surface area contributed by atoms with Crippen LogP contribution in [0.2, 0.25) is 5.02 Å². The molecule has 10 nitrogen and oxygen atoms in total. The number of alkyl halides is 7. The van der Waals surface area contributed by atoms with Gasteiger partial charge in [0.2, 0.25) is 0 Å². The van der Waals surface area contributed by atoms with E-state index in [0.717, 1.165) is 21.1 Å². The Morgan fingerprint density at radius 3 is 2.43 bits per heavy atom. The van der Waals surface area contributed by atoms with Gasteiger partial charge in [0, 0.05) is 16.3 Å². The molecule has 0 bridgehead atoms. The van der Waals surface area contributed by atoms with Crippen LogP contribution in [0.1, 0.15) is 50.6 Å². The minimum Gasteiger partial charge on any atom is -0.352 e. The van der Waals surface area contributed by atoms with Gasteiger partial charge in [0.1, 0.15) is 12.2 Å². The zero-order valence-electron chi connectivity index (χ0n) is 23.3. The van der Waals surface area contributed by atoms with E-state index in [4.69, 9.17) is 11.6 Å². The molecule has 3 heterocycles. The second-order valence-electron chi connectivity index (χ2n) is 10.4. The molecule has 1 fully saturated rings. The van der Waals surface area contributed by atoms with Gasteiger partial charge in [-0.05, 0) is 84.2 Å². The second-order valence-corrected chi connectivity index (χ2v) is 12.1. The first-order valence-electron chi connectivity index (χ1n) is 13.3. The molecule has 1 aromatic carbocycles. The van der Waals surface area contributed by atoms with Gasteiger partial charge in [-0.1, -0.05) is 11.6 Å².